The van der Waals surface area contributed by atoms with Crippen LogP contribution in [0.3, 0.4) is 0 Å². The highest BCUT2D eigenvalue weighted by Crippen LogP contribution is 2.19. The number of anilines is 1. The van der Waals surface area contributed by atoms with E-state index in [0.717, 1.165) is 69.6 Å². The van der Waals surface area contributed by atoms with Gasteiger partial charge in [0.25, 0.3) is 0 Å². The summed E-state index contributed by atoms with van der Waals surface area (Å²) < 4.78 is 6.02. The van der Waals surface area contributed by atoms with Crippen LogP contribution < -0.4 is 4.90 Å². The molecule has 0 amide bonds. The van der Waals surface area contributed by atoms with Crippen LogP contribution in [0.15, 0.2) is 42.6 Å². The molecule has 28 heavy (non-hydrogen) atoms. The first kappa shape index (κ1) is 19.3. The molecule has 0 radical (unpaired) electrons. The molecular weight excluding hydrogens is 350 g/mol. The Morgan fingerprint density at radius 3 is 2.57 bits per heavy atom. The highest BCUT2D eigenvalue weighted by Gasteiger charge is 2.26. The van der Waals surface area contributed by atoms with Gasteiger partial charge in [0.15, 0.2) is 5.82 Å². The number of hydrogen-bond acceptors (Lipinski definition) is 6. The molecule has 1 aromatic heterocycles. The number of aromatic nitrogens is 2. The number of morpholine rings is 1. The van der Waals surface area contributed by atoms with Crippen LogP contribution in [0.5, 0.6) is 0 Å². The molecule has 2 aliphatic rings. The molecule has 0 spiro atoms. The van der Waals surface area contributed by atoms with E-state index in [1.165, 1.54) is 0 Å². The van der Waals surface area contributed by atoms with Gasteiger partial charge >= 0.3 is 0 Å². The summed E-state index contributed by atoms with van der Waals surface area (Å²) in [5.41, 5.74) is 1.06. The van der Waals surface area contributed by atoms with Gasteiger partial charge in [0.1, 0.15) is 5.82 Å². The molecule has 0 bridgehead atoms. The summed E-state index contributed by atoms with van der Waals surface area (Å²) >= 11 is 0. The Bertz CT molecular complexity index is 746. The molecule has 6 heteroatoms. The second kappa shape index (κ2) is 8.99. The van der Waals surface area contributed by atoms with Gasteiger partial charge in [0.05, 0.1) is 12.7 Å². The summed E-state index contributed by atoms with van der Waals surface area (Å²) in [5.74, 6) is 1.82. The first-order chi connectivity index (χ1) is 13.7. The van der Waals surface area contributed by atoms with E-state index in [9.17, 15) is 0 Å². The third-order valence-corrected chi connectivity index (χ3v) is 5.73. The van der Waals surface area contributed by atoms with E-state index in [2.05, 4.69) is 45.7 Å². The maximum atomic E-state index is 6.02. The van der Waals surface area contributed by atoms with Crippen molar-refractivity contribution in [2.75, 3.05) is 57.3 Å². The van der Waals surface area contributed by atoms with Crippen LogP contribution in [-0.4, -0.2) is 84.3 Å². The lowest BCUT2D eigenvalue weighted by Gasteiger charge is -2.40. The fourth-order valence-electron chi connectivity index (χ4n) is 4.02. The molecule has 2 aliphatic heterocycles. The normalized spacial score (nSPS) is 22.0. The molecule has 2 aromatic rings. The minimum Gasteiger partial charge on any atom is -0.374 e. The molecule has 4 rings (SSSR count). The average molecular weight is 382 g/mol. The van der Waals surface area contributed by atoms with Crippen LogP contribution in [0.4, 0.5) is 5.82 Å². The molecule has 0 aliphatic carbocycles. The average Bonchev–Trinajstić information content (AvgIpc) is 2.75. The van der Waals surface area contributed by atoms with Crippen LogP contribution in [-0.2, 0) is 4.74 Å². The highest BCUT2D eigenvalue weighted by molar-refractivity contribution is 5.57. The first-order valence-corrected chi connectivity index (χ1v) is 10.4. The van der Waals surface area contributed by atoms with E-state index in [0.29, 0.717) is 12.1 Å². The number of rotatable bonds is 5. The highest BCUT2D eigenvalue weighted by atomic mass is 16.5. The molecule has 0 N–H and O–H groups in total. The van der Waals surface area contributed by atoms with E-state index >= 15 is 0 Å². The van der Waals surface area contributed by atoms with Gasteiger partial charge in [-0.05, 0) is 19.9 Å². The minimum absolute atomic E-state index is 0.325. The van der Waals surface area contributed by atoms with Gasteiger partial charge in [-0.3, -0.25) is 9.80 Å². The SMILES string of the molecule is CC(C)N1CCOC(CN2CCN(c3ccnc(-c4ccccc4)n3)CC2)C1. The molecule has 1 atom stereocenters. The van der Waals surface area contributed by atoms with E-state index in [1.54, 1.807) is 0 Å². The van der Waals surface area contributed by atoms with Crippen molar-refractivity contribution < 1.29 is 4.74 Å². The zero-order valence-corrected chi connectivity index (χ0v) is 17.0. The molecule has 2 fully saturated rings. The monoisotopic (exact) mass is 381 g/mol. The number of piperazine rings is 1. The second-order valence-electron chi connectivity index (χ2n) is 7.97. The topological polar surface area (TPSA) is 44.7 Å². The van der Waals surface area contributed by atoms with Crippen molar-refractivity contribution in [3.8, 4) is 11.4 Å². The zero-order chi connectivity index (χ0) is 19.3. The lowest BCUT2D eigenvalue weighted by Crippen LogP contribution is -2.53. The van der Waals surface area contributed by atoms with Crippen molar-refractivity contribution >= 4 is 5.82 Å². The van der Waals surface area contributed by atoms with Crippen molar-refractivity contribution in [3.63, 3.8) is 0 Å². The van der Waals surface area contributed by atoms with Crippen LogP contribution in [0.1, 0.15) is 13.8 Å². The van der Waals surface area contributed by atoms with Crippen molar-refractivity contribution in [3.05, 3.63) is 42.6 Å². The quantitative estimate of drug-likeness (QED) is 0.792. The van der Waals surface area contributed by atoms with Gasteiger partial charge in [0, 0.05) is 63.6 Å². The standard InChI is InChI=1S/C22H31N5O/c1-18(2)27-14-15-28-20(17-27)16-25-10-12-26(13-11-25)21-8-9-23-22(24-21)19-6-4-3-5-7-19/h3-9,18,20H,10-17H2,1-2H3. The fourth-order valence-corrected chi connectivity index (χ4v) is 4.02. The molecule has 3 heterocycles. The van der Waals surface area contributed by atoms with Crippen LogP contribution in [0, 0.1) is 0 Å². The van der Waals surface area contributed by atoms with Crippen molar-refractivity contribution in [1.29, 1.82) is 0 Å². The lowest BCUT2D eigenvalue weighted by atomic mass is 10.2. The summed E-state index contributed by atoms with van der Waals surface area (Å²) in [6, 6.07) is 12.8. The van der Waals surface area contributed by atoms with Crippen molar-refractivity contribution in [2.45, 2.75) is 26.0 Å². The van der Waals surface area contributed by atoms with Gasteiger partial charge < -0.3 is 9.64 Å². The molecule has 1 unspecified atom stereocenters. The maximum Gasteiger partial charge on any atom is 0.161 e. The molecule has 6 nitrogen and oxygen atoms in total. The van der Waals surface area contributed by atoms with Gasteiger partial charge in [0.2, 0.25) is 0 Å². The summed E-state index contributed by atoms with van der Waals surface area (Å²) in [6.45, 7) is 12.6. The Labute approximate surface area is 168 Å². The Morgan fingerprint density at radius 2 is 1.82 bits per heavy atom. The third-order valence-electron chi connectivity index (χ3n) is 5.73. The number of nitrogens with zero attached hydrogens (tertiary/aromatic N) is 5. The predicted octanol–water partition coefficient (Wildman–Crippen LogP) is 2.37. The summed E-state index contributed by atoms with van der Waals surface area (Å²) in [6.07, 6.45) is 2.19. The molecule has 1 aromatic carbocycles. The van der Waals surface area contributed by atoms with Gasteiger partial charge in [-0.25, -0.2) is 9.97 Å². The van der Waals surface area contributed by atoms with E-state index in [-0.39, 0.29) is 0 Å². The number of ether oxygens (including phenoxy) is 1. The van der Waals surface area contributed by atoms with Crippen LogP contribution >= 0.6 is 0 Å². The van der Waals surface area contributed by atoms with Crippen molar-refractivity contribution in [1.82, 2.24) is 19.8 Å². The Kier molecular flexibility index (Phi) is 6.20. The summed E-state index contributed by atoms with van der Waals surface area (Å²) in [7, 11) is 0. The summed E-state index contributed by atoms with van der Waals surface area (Å²) in [5, 5.41) is 0. The zero-order valence-electron chi connectivity index (χ0n) is 17.0. The largest absolute Gasteiger partial charge is 0.374 e. The summed E-state index contributed by atoms with van der Waals surface area (Å²) in [4.78, 5) is 16.7. The van der Waals surface area contributed by atoms with Crippen LogP contribution in [0.25, 0.3) is 11.4 Å². The molecule has 0 saturated carbocycles. The van der Waals surface area contributed by atoms with Crippen LogP contribution in [0.2, 0.25) is 0 Å². The third kappa shape index (κ3) is 4.69. The molecule has 150 valence electrons. The predicted molar refractivity (Wildman–Crippen MR) is 113 cm³/mol. The Hall–Kier alpha value is -2.02. The first-order valence-electron chi connectivity index (χ1n) is 10.4. The Balaban J connectivity index is 1.32. The molecular formula is C22H31N5O. The van der Waals surface area contributed by atoms with E-state index < -0.39 is 0 Å². The smallest absolute Gasteiger partial charge is 0.161 e. The number of hydrogen-bond donors (Lipinski definition) is 0. The van der Waals surface area contributed by atoms with Gasteiger partial charge in [-0.2, -0.15) is 0 Å². The fraction of sp³-hybridized carbons (Fsp3) is 0.545. The van der Waals surface area contributed by atoms with Gasteiger partial charge in [-0.1, -0.05) is 30.3 Å². The van der Waals surface area contributed by atoms with E-state index in [1.807, 2.05) is 30.5 Å². The Morgan fingerprint density at radius 1 is 1.04 bits per heavy atom. The lowest BCUT2D eigenvalue weighted by molar-refractivity contribution is -0.0525. The second-order valence-corrected chi connectivity index (χ2v) is 7.97. The van der Waals surface area contributed by atoms with Gasteiger partial charge in [-0.15, -0.1) is 0 Å². The minimum atomic E-state index is 0.325. The maximum absolute atomic E-state index is 6.02. The molecule has 2 saturated heterocycles. The number of benzene rings is 1. The van der Waals surface area contributed by atoms with E-state index in [4.69, 9.17) is 9.72 Å². The van der Waals surface area contributed by atoms with Crippen molar-refractivity contribution in [2.24, 2.45) is 0 Å².